The summed E-state index contributed by atoms with van der Waals surface area (Å²) < 4.78 is 15.4. The minimum Gasteiger partial charge on any atom is -0.497 e. The van der Waals surface area contributed by atoms with E-state index < -0.39 is 0 Å². The van der Waals surface area contributed by atoms with Gasteiger partial charge in [0.25, 0.3) is 0 Å². The van der Waals surface area contributed by atoms with Crippen LogP contribution in [-0.2, 0) is 22.6 Å². The van der Waals surface area contributed by atoms with Gasteiger partial charge in [-0.3, -0.25) is 9.69 Å². The van der Waals surface area contributed by atoms with Gasteiger partial charge >= 0.3 is 5.97 Å². The number of nitriles is 1. The van der Waals surface area contributed by atoms with Crippen LogP contribution in [0.15, 0.2) is 42.5 Å². The molecule has 0 unspecified atom stereocenters. The zero-order valence-corrected chi connectivity index (χ0v) is 15.2. The molecule has 6 heteroatoms. The summed E-state index contributed by atoms with van der Waals surface area (Å²) in [4.78, 5) is 13.7. The number of carbonyl (C=O) groups is 1. The molecule has 0 heterocycles. The van der Waals surface area contributed by atoms with E-state index in [-0.39, 0.29) is 12.5 Å². The van der Waals surface area contributed by atoms with E-state index in [2.05, 4.69) is 6.07 Å². The van der Waals surface area contributed by atoms with Gasteiger partial charge in [-0.2, -0.15) is 5.26 Å². The largest absolute Gasteiger partial charge is 0.497 e. The Balaban J connectivity index is 2.27. The molecule has 26 heavy (non-hydrogen) atoms. The second-order valence-electron chi connectivity index (χ2n) is 5.71. The van der Waals surface area contributed by atoms with Gasteiger partial charge in [0.2, 0.25) is 0 Å². The molecule has 0 amide bonds. The Morgan fingerprint density at radius 3 is 2.27 bits per heavy atom. The lowest BCUT2D eigenvalue weighted by molar-refractivity contribution is -0.142. The molecule has 2 aromatic rings. The van der Waals surface area contributed by atoms with Crippen LogP contribution in [0, 0.1) is 11.3 Å². The molecular formula is C20H22N2O4. The summed E-state index contributed by atoms with van der Waals surface area (Å²) in [7, 11) is 4.54. The molecule has 0 radical (unpaired) electrons. The second kappa shape index (κ2) is 9.44. The first-order valence-electron chi connectivity index (χ1n) is 8.08. The maximum Gasteiger partial charge on any atom is 0.319 e. The minimum atomic E-state index is -0.339. The highest BCUT2D eigenvalue weighted by Gasteiger charge is 2.15. The van der Waals surface area contributed by atoms with Crippen LogP contribution in [-0.4, -0.2) is 38.7 Å². The fraction of sp³-hybridized carbons (Fsp3) is 0.300. The van der Waals surface area contributed by atoms with Crippen molar-refractivity contribution in [3.8, 4) is 17.6 Å². The SMILES string of the molecule is COC(=O)CN(Cc1cc(OC)cc(OC)c1)Cc1ccccc1C#N. The van der Waals surface area contributed by atoms with Crippen LogP contribution in [0.1, 0.15) is 16.7 Å². The van der Waals surface area contributed by atoms with Crippen molar-refractivity contribution in [3.05, 3.63) is 59.2 Å². The minimum absolute atomic E-state index is 0.107. The van der Waals surface area contributed by atoms with E-state index in [1.165, 1.54) is 7.11 Å². The Morgan fingerprint density at radius 2 is 1.69 bits per heavy atom. The average molecular weight is 354 g/mol. The summed E-state index contributed by atoms with van der Waals surface area (Å²) in [6.07, 6.45) is 0. The lowest BCUT2D eigenvalue weighted by atomic mass is 10.1. The number of hydrogen-bond acceptors (Lipinski definition) is 6. The van der Waals surface area contributed by atoms with E-state index in [1.54, 1.807) is 26.4 Å². The van der Waals surface area contributed by atoms with Gasteiger partial charge < -0.3 is 14.2 Å². The Hall–Kier alpha value is -3.04. The van der Waals surface area contributed by atoms with Crippen LogP contribution in [0.5, 0.6) is 11.5 Å². The molecule has 0 fully saturated rings. The number of rotatable bonds is 8. The number of hydrogen-bond donors (Lipinski definition) is 0. The third kappa shape index (κ3) is 5.23. The fourth-order valence-electron chi connectivity index (χ4n) is 2.64. The van der Waals surface area contributed by atoms with E-state index in [0.29, 0.717) is 30.2 Å². The predicted octanol–water partition coefficient (Wildman–Crippen LogP) is 2.75. The molecule has 0 aliphatic rings. The zero-order valence-electron chi connectivity index (χ0n) is 15.2. The van der Waals surface area contributed by atoms with E-state index in [9.17, 15) is 10.1 Å². The van der Waals surface area contributed by atoms with Crippen LogP contribution in [0.2, 0.25) is 0 Å². The molecule has 2 rings (SSSR count). The van der Waals surface area contributed by atoms with Gasteiger partial charge in [0.05, 0.1) is 39.5 Å². The molecule has 0 atom stereocenters. The summed E-state index contributed by atoms with van der Waals surface area (Å²) >= 11 is 0. The molecule has 6 nitrogen and oxygen atoms in total. The van der Waals surface area contributed by atoms with Crippen molar-refractivity contribution < 1.29 is 19.0 Å². The van der Waals surface area contributed by atoms with Crippen LogP contribution in [0.4, 0.5) is 0 Å². The molecule has 0 aliphatic heterocycles. The lowest BCUT2D eigenvalue weighted by Gasteiger charge is -2.22. The fourth-order valence-corrected chi connectivity index (χ4v) is 2.64. The van der Waals surface area contributed by atoms with Crippen molar-refractivity contribution in [2.75, 3.05) is 27.9 Å². The first-order valence-corrected chi connectivity index (χ1v) is 8.08. The lowest BCUT2D eigenvalue weighted by Crippen LogP contribution is -2.30. The number of methoxy groups -OCH3 is 3. The highest BCUT2D eigenvalue weighted by Crippen LogP contribution is 2.24. The molecule has 0 saturated heterocycles. The van der Waals surface area contributed by atoms with Gasteiger partial charge in [0, 0.05) is 19.2 Å². The topological polar surface area (TPSA) is 71.8 Å². The van der Waals surface area contributed by atoms with Crippen molar-refractivity contribution in [1.82, 2.24) is 4.90 Å². The zero-order chi connectivity index (χ0) is 18.9. The quantitative estimate of drug-likeness (QED) is 0.679. The second-order valence-corrected chi connectivity index (χ2v) is 5.71. The van der Waals surface area contributed by atoms with Gasteiger partial charge in [-0.1, -0.05) is 18.2 Å². The summed E-state index contributed by atoms with van der Waals surface area (Å²) in [5, 5.41) is 9.29. The van der Waals surface area contributed by atoms with Crippen molar-refractivity contribution in [2.24, 2.45) is 0 Å². The molecule has 136 valence electrons. The molecule has 0 spiro atoms. The maximum atomic E-state index is 11.8. The molecule has 0 N–H and O–H groups in total. The van der Waals surface area contributed by atoms with E-state index in [4.69, 9.17) is 14.2 Å². The molecule has 2 aromatic carbocycles. The first-order chi connectivity index (χ1) is 12.6. The Bertz CT molecular complexity index is 776. The monoisotopic (exact) mass is 354 g/mol. The van der Waals surface area contributed by atoms with Crippen LogP contribution in [0.3, 0.4) is 0 Å². The van der Waals surface area contributed by atoms with Crippen LogP contribution in [0.25, 0.3) is 0 Å². The van der Waals surface area contributed by atoms with Crippen molar-refractivity contribution in [2.45, 2.75) is 13.1 Å². The number of benzene rings is 2. The maximum absolute atomic E-state index is 11.8. The van der Waals surface area contributed by atoms with E-state index in [0.717, 1.165) is 11.1 Å². The Kier molecular flexibility index (Phi) is 7.01. The Labute approximate surface area is 153 Å². The number of ether oxygens (including phenoxy) is 3. The van der Waals surface area contributed by atoms with Crippen molar-refractivity contribution >= 4 is 5.97 Å². The van der Waals surface area contributed by atoms with Gasteiger partial charge in [-0.05, 0) is 29.3 Å². The van der Waals surface area contributed by atoms with Crippen LogP contribution < -0.4 is 9.47 Å². The van der Waals surface area contributed by atoms with Crippen molar-refractivity contribution in [3.63, 3.8) is 0 Å². The van der Waals surface area contributed by atoms with Gasteiger partial charge in [0.1, 0.15) is 11.5 Å². The van der Waals surface area contributed by atoms with Crippen molar-refractivity contribution in [1.29, 1.82) is 5.26 Å². The smallest absolute Gasteiger partial charge is 0.319 e. The summed E-state index contributed by atoms with van der Waals surface area (Å²) in [5.41, 5.74) is 2.37. The summed E-state index contributed by atoms with van der Waals surface area (Å²) in [6, 6.07) is 15.1. The Morgan fingerprint density at radius 1 is 1.04 bits per heavy atom. The molecule has 0 aliphatic carbocycles. The molecule has 0 bridgehead atoms. The number of esters is 1. The van der Waals surface area contributed by atoms with E-state index in [1.807, 2.05) is 35.2 Å². The first kappa shape index (κ1) is 19.3. The predicted molar refractivity (Wildman–Crippen MR) is 96.8 cm³/mol. The normalized spacial score (nSPS) is 10.3. The van der Waals surface area contributed by atoms with E-state index >= 15 is 0 Å². The van der Waals surface area contributed by atoms with Gasteiger partial charge in [0.15, 0.2) is 0 Å². The third-order valence-electron chi connectivity index (χ3n) is 3.93. The average Bonchev–Trinajstić information content (AvgIpc) is 2.67. The van der Waals surface area contributed by atoms with Crippen LogP contribution >= 0.6 is 0 Å². The highest BCUT2D eigenvalue weighted by molar-refractivity contribution is 5.71. The standard InChI is InChI=1S/C20H22N2O4/c1-24-18-8-15(9-19(10-18)25-2)12-22(14-20(23)26-3)13-17-7-5-4-6-16(17)11-21/h4-10H,12-14H2,1-3H3. The summed E-state index contributed by atoms with van der Waals surface area (Å²) in [6.45, 7) is 1.02. The number of carbonyl (C=O) groups excluding carboxylic acids is 1. The highest BCUT2D eigenvalue weighted by atomic mass is 16.5. The number of nitrogens with zero attached hydrogens (tertiary/aromatic N) is 2. The third-order valence-corrected chi connectivity index (χ3v) is 3.93. The van der Waals surface area contributed by atoms with Gasteiger partial charge in [-0.15, -0.1) is 0 Å². The molecule has 0 saturated carbocycles. The summed E-state index contributed by atoms with van der Waals surface area (Å²) in [5.74, 6) is 1.01. The molecule has 0 aromatic heterocycles. The van der Waals surface area contributed by atoms with Gasteiger partial charge in [-0.25, -0.2) is 0 Å². The molecular weight excluding hydrogens is 332 g/mol.